The molecule has 5 N–H and O–H groups in total. The van der Waals surface area contributed by atoms with E-state index in [2.05, 4.69) is 10.5 Å². The summed E-state index contributed by atoms with van der Waals surface area (Å²) in [5.41, 5.74) is 8.22. The summed E-state index contributed by atoms with van der Waals surface area (Å²) in [4.78, 5) is 13.6. The summed E-state index contributed by atoms with van der Waals surface area (Å²) < 4.78 is 20.8. The largest absolute Gasteiger partial charge is 0.507 e. The summed E-state index contributed by atoms with van der Waals surface area (Å²) in [5, 5.41) is 25.4. The highest BCUT2D eigenvalue weighted by Crippen LogP contribution is 2.33. The molecular weight excluding hydrogens is 477 g/mol. The molecule has 1 aliphatic rings. The Hall–Kier alpha value is -4.67. The topological polar surface area (TPSA) is 116 Å². The van der Waals surface area contributed by atoms with Crippen molar-refractivity contribution in [3.8, 4) is 34.1 Å². The van der Waals surface area contributed by atoms with E-state index >= 15 is 0 Å². The maximum Gasteiger partial charge on any atom is 0.316 e. The number of nitrogens with zero attached hydrogens (tertiary/aromatic N) is 3. The van der Waals surface area contributed by atoms with Crippen LogP contribution in [0.2, 0.25) is 0 Å². The van der Waals surface area contributed by atoms with E-state index in [-0.39, 0.29) is 18.1 Å². The minimum absolute atomic E-state index is 0.0207. The molecule has 0 spiro atoms. The van der Waals surface area contributed by atoms with E-state index in [1.165, 1.54) is 23.0 Å². The van der Waals surface area contributed by atoms with Crippen molar-refractivity contribution in [1.82, 2.24) is 15.2 Å². The summed E-state index contributed by atoms with van der Waals surface area (Å²) in [5.74, 6) is -0.265. The van der Waals surface area contributed by atoms with Gasteiger partial charge >= 0.3 is 5.56 Å². The molecule has 1 aliphatic heterocycles. The molecule has 0 fully saturated rings. The van der Waals surface area contributed by atoms with Crippen LogP contribution in [0.1, 0.15) is 12.0 Å². The van der Waals surface area contributed by atoms with Crippen LogP contribution in [0.15, 0.2) is 89.6 Å². The molecule has 0 unspecified atom stereocenters. The SMILES string of the molecule is Cc1ccc(-n2ncc(N3C=C(CCO)N[NH2+]3)c(Oc3ccc(-c4ccc(F)cc4O)cc3)c2=O)cc1. The van der Waals surface area contributed by atoms with Gasteiger partial charge in [0.25, 0.3) is 0 Å². The first-order valence-electron chi connectivity index (χ1n) is 11.6. The Labute approximate surface area is 211 Å². The number of benzene rings is 3. The molecule has 37 heavy (non-hydrogen) atoms. The zero-order valence-corrected chi connectivity index (χ0v) is 19.9. The van der Waals surface area contributed by atoms with Crippen molar-refractivity contribution in [2.45, 2.75) is 13.3 Å². The van der Waals surface area contributed by atoms with E-state index in [1.54, 1.807) is 53.1 Å². The number of hydrogen-bond acceptors (Lipinski definition) is 7. The predicted octanol–water partition coefficient (Wildman–Crippen LogP) is 2.87. The average molecular weight is 503 g/mol. The number of ether oxygens (including phenoxy) is 1. The van der Waals surface area contributed by atoms with Gasteiger partial charge in [-0.1, -0.05) is 29.8 Å². The van der Waals surface area contributed by atoms with Gasteiger partial charge in [0.2, 0.25) is 5.75 Å². The van der Waals surface area contributed by atoms with Crippen LogP contribution < -0.4 is 26.3 Å². The number of phenols is 1. The van der Waals surface area contributed by atoms with Crippen molar-refractivity contribution >= 4 is 5.69 Å². The zero-order valence-electron chi connectivity index (χ0n) is 19.9. The zero-order chi connectivity index (χ0) is 25.9. The number of nitrogens with one attached hydrogen (secondary N) is 1. The lowest BCUT2D eigenvalue weighted by molar-refractivity contribution is -0.700. The molecule has 1 aromatic heterocycles. The number of quaternary nitrogens is 1. The van der Waals surface area contributed by atoms with Crippen LogP contribution in [-0.4, -0.2) is 26.6 Å². The van der Waals surface area contributed by atoms with E-state index in [0.717, 1.165) is 17.3 Å². The van der Waals surface area contributed by atoms with Crippen LogP contribution in [-0.2, 0) is 0 Å². The minimum Gasteiger partial charge on any atom is -0.507 e. The van der Waals surface area contributed by atoms with Crippen LogP contribution >= 0.6 is 0 Å². The number of aliphatic hydroxyl groups is 1. The van der Waals surface area contributed by atoms with Crippen molar-refractivity contribution in [2.24, 2.45) is 0 Å². The van der Waals surface area contributed by atoms with Gasteiger partial charge in [-0.3, -0.25) is 4.79 Å². The molecule has 0 saturated carbocycles. The second-order valence-corrected chi connectivity index (χ2v) is 8.51. The van der Waals surface area contributed by atoms with Gasteiger partial charge in [-0.15, -0.1) is 5.53 Å². The number of aromatic nitrogens is 2. The molecule has 9 nitrogen and oxygen atoms in total. The van der Waals surface area contributed by atoms with Gasteiger partial charge < -0.3 is 14.9 Å². The van der Waals surface area contributed by atoms with Gasteiger partial charge in [0, 0.05) is 24.7 Å². The van der Waals surface area contributed by atoms with E-state index in [9.17, 15) is 19.4 Å². The van der Waals surface area contributed by atoms with Crippen molar-refractivity contribution < 1.29 is 24.9 Å². The first-order chi connectivity index (χ1) is 17.9. The van der Waals surface area contributed by atoms with Gasteiger partial charge in [0.15, 0.2) is 5.69 Å². The van der Waals surface area contributed by atoms with Crippen molar-refractivity contribution in [3.05, 3.63) is 107 Å². The van der Waals surface area contributed by atoms with E-state index in [1.807, 2.05) is 19.1 Å². The fourth-order valence-corrected chi connectivity index (χ4v) is 3.94. The van der Waals surface area contributed by atoms with Gasteiger partial charge in [0.05, 0.1) is 23.8 Å². The van der Waals surface area contributed by atoms with E-state index < -0.39 is 11.4 Å². The lowest BCUT2D eigenvalue weighted by Crippen LogP contribution is -2.97. The minimum atomic E-state index is -0.527. The summed E-state index contributed by atoms with van der Waals surface area (Å²) in [6, 6.07) is 18.0. The number of hydrogen-bond donors (Lipinski definition) is 4. The van der Waals surface area contributed by atoms with Gasteiger partial charge in [-0.25, -0.2) is 9.82 Å². The van der Waals surface area contributed by atoms with Crippen LogP contribution in [0.25, 0.3) is 16.8 Å². The Kier molecular flexibility index (Phi) is 6.59. The van der Waals surface area contributed by atoms with E-state index in [4.69, 9.17) is 4.74 Å². The standard InChI is InChI=1S/C27H24FN5O4/c1-17-2-7-21(8-3-17)33-27(36)26(24(15-29-33)32-16-20(12-13-34)30-31-32)37-22-9-4-18(5-10-22)23-11-6-19(28)14-25(23)35/h2-11,14-16,30-31,34-35H,12-13H2,1H3/p+1. The molecule has 0 atom stereocenters. The van der Waals surface area contributed by atoms with Gasteiger partial charge in [0.1, 0.15) is 17.3 Å². The Bertz CT molecular complexity index is 1520. The number of rotatable bonds is 7. The Balaban J connectivity index is 1.53. The smallest absolute Gasteiger partial charge is 0.316 e. The van der Waals surface area contributed by atoms with Crippen LogP contribution in [0.4, 0.5) is 10.1 Å². The third-order valence-corrected chi connectivity index (χ3v) is 5.88. The van der Waals surface area contributed by atoms with Gasteiger partial charge in [-0.2, -0.15) is 14.8 Å². The summed E-state index contributed by atoms with van der Waals surface area (Å²) in [6.45, 7) is 1.94. The second-order valence-electron chi connectivity index (χ2n) is 8.51. The van der Waals surface area contributed by atoms with Crippen molar-refractivity contribution in [1.29, 1.82) is 0 Å². The fraction of sp³-hybridized carbons (Fsp3) is 0.111. The predicted molar refractivity (Wildman–Crippen MR) is 135 cm³/mol. The molecule has 5 rings (SSSR count). The maximum absolute atomic E-state index is 13.6. The Morgan fingerprint density at radius 1 is 1.08 bits per heavy atom. The third kappa shape index (κ3) is 5.01. The van der Waals surface area contributed by atoms with Crippen LogP contribution in [0.5, 0.6) is 17.2 Å². The number of aliphatic hydroxyl groups excluding tert-OH is 1. The van der Waals surface area contributed by atoms with Crippen molar-refractivity contribution in [3.63, 3.8) is 0 Å². The highest BCUT2D eigenvalue weighted by Gasteiger charge is 2.25. The molecule has 2 heterocycles. The monoisotopic (exact) mass is 502 g/mol. The first-order valence-corrected chi connectivity index (χ1v) is 11.6. The number of aryl methyl sites for hydroxylation is 1. The molecule has 0 saturated heterocycles. The summed E-state index contributed by atoms with van der Waals surface area (Å²) >= 11 is 0. The summed E-state index contributed by atoms with van der Waals surface area (Å²) in [7, 11) is 0. The Morgan fingerprint density at radius 3 is 2.54 bits per heavy atom. The molecule has 188 valence electrons. The number of nitrogens with two attached hydrogens (primary N) is 1. The number of phenolic OH excluding ortho intramolecular Hbond substituents is 1. The highest BCUT2D eigenvalue weighted by atomic mass is 19.1. The van der Waals surface area contributed by atoms with Crippen LogP contribution in [0.3, 0.4) is 0 Å². The molecule has 3 aromatic carbocycles. The lowest BCUT2D eigenvalue weighted by Gasteiger charge is -2.17. The number of aromatic hydroxyl groups is 1. The normalized spacial score (nSPS) is 12.8. The fourth-order valence-electron chi connectivity index (χ4n) is 3.94. The summed E-state index contributed by atoms with van der Waals surface area (Å²) in [6.07, 6.45) is 3.73. The molecule has 4 aromatic rings. The molecule has 0 radical (unpaired) electrons. The molecule has 0 aliphatic carbocycles. The van der Waals surface area contributed by atoms with Crippen LogP contribution in [0, 0.1) is 12.7 Å². The average Bonchev–Trinajstić information content (AvgIpc) is 3.35. The molecule has 0 bridgehead atoms. The van der Waals surface area contributed by atoms with Crippen molar-refractivity contribution in [2.75, 3.05) is 11.6 Å². The number of anilines is 1. The highest BCUT2D eigenvalue weighted by molar-refractivity contribution is 5.70. The third-order valence-electron chi connectivity index (χ3n) is 5.88. The quantitative estimate of drug-likeness (QED) is 0.287. The number of halogens is 1. The lowest BCUT2D eigenvalue weighted by atomic mass is 10.0. The first kappa shape index (κ1) is 24.0. The molecular formula is C27H25FN5O4+. The maximum atomic E-state index is 13.6. The van der Waals surface area contributed by atoms with E-state index in [0.29, 0.717) is 34.7 Å². The second kappa shape index (κ2) is 10.1. The molecule has 0 amide bonds. The Morgan fingerprint density at radius 2 is 1.84 bits per heavy atom. The molecule has 10 heteroatoms. The van der Waals surface area contributed by atoms with Gasteiger partial charge in [-0.05, 0) is 48.9 Å².